The zero-order chi connectivity index (χ0) is 13.8. The van der Waals surface area contributed by atoms with Crippen LogP contribution in [0.3, 0.4) is 0 Å². The number of hydrogen-bond acceptors (Lipinski definition) is 5. The number of nitrogens with zero attached hydrogens (tertiary/aromatic N) is 2. The first kappa shape index (κ1) is 13.7. The number of thiocarbonyl (C=S) groups is 1. The lowest BCUT2D eigenvalue weighted by Gasteiger charge is -2.05. The molecule has 0 saturated heterocycles. The Kier molecular flexibility index (Phi) is 4.25. The summed E-state index contributed by atoms with van der Waals surface area (Å²) >= 11 is 4.94. The topological polar surface area (TPSA) is 95.2 Å². The van der Waals surface area contributed by atoms with Gasteiger partial charge in [0.25, 0.3) is 5.56 Å². The highest BCUT2D eigenvalue weighted by atomic mass is 32.1. The molecule has 3 N–H and O–H groups in total. The maximum Gasteiger partial charge on any atom is 0.260 e. The van der Waals surface area contributed by atoms with E-state index in [0.717, 1.165) is 0 Å². The molecule has 7 nitrogen and oxygen atoms in total. The van der Waals surface area contributed by atoms with Crippen LogP contribution >= 0.6 is 12.2 Å². The van der Waals surface area contributed by atoms with Crippen molar-refractivity contribution in [3.05, 3.63) is 28.4 Å². The second-order valence-electron chi connectivity index (χ2n) is 3.84. The summed E-state index contributed by atoms with van der Waals surface area (Å²) in [6.07, 6.45) is 3.00. The Hall–Kier alpha value is -1.77. The van der Waals surface area contributed by atoms with Crippen molar-refractivity contribution in [2.75, 3.05) is 20.3 Å². The minimum absolute atomic E-state index is 0.152. The van der Waals surface area contributed by atoms with Crippen molar-refractivity contribution in [2.45, 2.75) is 6.73 Å². The van der Waals surface area contributed by atoms with Gasteiger partial charge in [-0.1, -0.05) is 12.2 Å². The Morgan fingerprint density at radius 3 is 3.05 bits per heavy atom. The van der Waals surface area contributed by atoms with E-state index in [9.17, 15) is 4.79 Å². The Bertz CT molecular complexity index is 649. The van der Waals surface area contributed by atoms with E-state index in [2.05, 4.69) is 9.97 Å². The summed E-state index contributed by atoms with van der Waals surface area (Å²) in [6, 6.07) is 0. The molecule has 2 aromatic rings. The molecule has 8 heteroatoms. The number of nitrogens with one attached hydrogen (secondary N) is 1. The van der Waals surface area contributed by atoms with Gasteiger partial charge < -0.3 is 24.8 Å². The third-order valence-corrected chi connectivity index (χ3v) is 2.81. The summed E-state index contributed by atoms with van der Waals surface area (Å²) in [7, 11) is 1.60. The quantitative estimate of drug-likeness (QED) is 0.571. The molecule has 0 amide bonds. The molecule has 2 heterocycles. The molecule has 0 fully saturated rings. The minimum atomic E-state index is -0.275. The molecule has 0 aliphatic rings. The molecule has 19 heavy (non-hydrogen) atoms. The van der Waals surface area contributed by atoms with Gasteiger partial charge in [0.05, 0.1) is 24.9 Å². The summed E-state index contributed by atoms with van der Waals surface area (Å²) in [5, 5.41) is 0.380. The average Bonchev–Trinajstić information content (AvgIpc) is 2.75. The number of hydrogen-bond donors (Lipinski definition) is 2. The van der Waals surface area contributed by atoms with E-state index in [1.165, 1.54) is 6.33 Å². The van der Waals surface area contributed by atoms with Gasteiger partial charge in [0.1, 0.15) is 17.4 Å². The number of rotatable bonds is 6. The van der Waals surface area contributed by atoms with Crippen molar-refractivity contribution < 1.29 is 9.47 Å². The summed E-state index contributed by atoms with van der Waals surface area (Å²) < 4.78 is 12.0. The molecule has 0 bridgehead atoms. The number of aromatic amines is 1. The maximum atomic E-state index is 11.8. The van der Waals surface area contributed by atoms with E-state index < -0.39 is 0 Å². The third-order valence-electron chi connectivity index (χ3n) is 2.59. The van der Waals surface area contributed by atoms with Crippen molar-refractivity contribution >= 4 is 28.2 Å². The Morgan fingerprint density at radius 2 is 2.37 bits per heavy atom. The first-order chi connectivity index (χ1) is 9.15. The van der Waals surface area contributed by atoms with E-state index in [4.69, 9.17) is 27.4 Å². The Balaban J connectivity index is 2.37. The highest BCUT2D eigenvalue weighted by Crippen LogP contribution is 2.15. The highest BCUT2D eigenvalue weighted by Gasteiger charge is 2.14. The van der Waals surface area contributed by atoms with E-state index >= 15 is 0 Å². The monoisotopic (exact) mass is 282 g/mol. The predicted octanol–water partition coefficient (Wildman–Crippen LogP) is -0.0207. The molecule has 0 aliphatic carbocycles. The number of nitrogens with two attached hydrogens (primary N) is 1. The lowest BCUT2D eigenvalue weighted by atomic mass is 10.2. The minimum Gasteiger partial charge on any atom is -0.389 e. The first-order valence-electron chi connectivity index (χ1n) is 5.58. The van der Waals surface area contributed by atoms with E-state index in [0.29, 0.717) is 29.8 Å². The van der Waals surface area contributed by atoms with Gasteiger partial charge >= 0.3 is 0 Å². The van der Waals surface area contributed by atoms with Crippen LogP contribution in [0.1, 0.15) is 5.56 Å². The van der Waals surface area contributed by atoms with Crippen molar-refractivity contribution in [3.8, 4) is 0 Å². The molecule has 2 aromatic heterocycles. The number of methoxy groups -OCH3 is 1. The van der Waals surface area contributed by atoms with Gasteiger partial charge in [0, 0.05) is 18.9 Å². The van der Waals surface area contributed by atoms with Gasteiger partial charge in [-0.05, 0) is 0 Å². The largest absolute Gasteiger partial charge is 0.389 e. The highest BCUT2D eigenvalue weighted by molar-refractivity contribution is 7.80. The zero-order valence-electron chi connectivity index (χ0n) is 10.4. The molecule has 0 saturated carbocycles. The van der Waals surface area contributed by atoms with Crippen LogP contribution in [0.5, 0.6) is 0 Å². The fourth-order valence-electron chi connectivity index (χ4n) is 1.72. The van der Waals surface area contributed by atoms with Gasteiger partial charge in [-0.25, -0.2) is 4.98 Å². The molecule has 102 valence electrons. The third kappa shape index (κ3) is 2.80. The summed E-state index contributed by atoms with van der Waals surface area (Å²) in [6.45, 7) is 1.19. The van der Waals surface area contributed by atoms with Gasteiger partial charge in [0.2, 0.25) is 0 Å². The molecule has 0 spiro atoms. The molecule has 2 rings (SSSR count). The SMILES string of the molecule is COCCOCn1cc(C(N)=S)c2c(=O)[nH]cnc21. The van der Waals surface area contributed by atoms with Crippen LogP contribution in [0.2, 0.25) is 0 Å². The first-order valence-corrected chi connectivity index (χ1v) is 5.99. The number of ether oxygens (including phenoxy) is 2. The van der Waals surface area contributed by atoms with Crippen LogP contribution in [0.25, 0.3) is 11.0 Å². The molecule has 0 unspecified atom stereocenters. The fraction of sp³-hybridized carbons (Fsp3) is 0.364. The number of aromatic nitrogens is 3. The Labute approximate surface area is 114 Å². The van der Waals surface area contributed by atoms with E-state index in [-0.39, 0.29) is 17.3 Å². The van der Waals surface area contributed by atoms with Gasteiger partial charge in [0.15, 0.2) is 0 Å². The van der Waals surface area contributed by atoms with Gasteiger partial charge in [-0.2, -0.15) is 0 Å². The van der Waals surface area contributed by atoms with E-state index in [1.54, 1.807) is 17.9 Å². The second kappa shape index (κ2) is 5.91. The lowest BCUT2D eigenvalue weighted by molar-refractivity contribution is 0.0358. The summed E-state index contributed by atoms with van der Waals surface area (Å²) in [5.41, 5.74) is 6.33. The standard InChI is InChI=1S/C11H14N4O3S/c1-17-2-3-18-6-15-4-7(9(12)19)8-10(15)13-5-14-11(8)16/h4-5H,2-3,6H2,1H3,(H2,12,19)(H,13,14,16). The Morgan fingerprint density at radius 1 is 1.58 bits per heavy atom. The molecular formula is C11H14N4O3S. The fourth-order valence-corrected chi connectivity index (χ4v) is 1.88. The van der Waals surface area contributed by atoms with Crippen molar-refractivity contribution in [1.82, 2.24) is 14.5 Å². The normalized spacial score (nSPS) is 11.0. The summed E-state index contributed by atoms with van der Waals surface area (Å²) in [5.74, 6) is 0. The van der Waals surface area contributed by atoms with E-state index in [1.807, 2.05) is 0 Å². The van der Waals surface area contributed by atoms with Crippen LogP contribution in [0.4, 0.5) is 0 Å². The molecule has 0 aromatic carbocycles. The van der Waals surface area contributed by atoms with Crippen molar-refractivity contribution in [1.29, 1.82) is 0 Å². The second-order valence-corrected chi connectivity index (χ2v) is 4.28. The smallest absolute Gasteiger partial charge is 0.260 e. The van der Waals surface area contributed by atoms with Crippen LogP contribution in [0, 0.1) is 0 Å². The van der Waals surface area contributed by atoms with Crippen LogP contribution < -0.4 is 11.3 Å². The van der Waals surface area contributed by atoms with Crippen molar-refractivity contribution in [3.63, 3.8) is 0 Å². The van der Waals surface area contributed by atoms with Gasteiger partial charge in [-0.3, -0.25) is 4.79 Å². The zero-order valence-corrected chi connectivity index (χ0v) is 11.2. The van der Waals surface area contributed by atoms with Crippen LogP contribution in [0.15, 0.2) is 17.3 Å². The number of fused-ring (bicyclic) bond motifs is 1. The summed E-state index contributed by atoms with van der Waals surface area (Å²) in [4.78, 5) is 18.6. The molecule has 0 aliphatic heterocycles. The molecule has 0 radical (unpaired) electrons. The maximum absolute atomic E-state index is 11.8. The van der Waals surface area contributed by atoms with Gasteiger partial charge in [-0.15, -0.1) is 0 Å². The van der Waals surface area contributed by atoms with Crippen molar-refractivity contribution in [2.24, 2.45) is 5.73 Å². The molecule has 0 atom stereocenters. The lowest BCUT2D eigenvalue weighted by Crippen LogP contribution is -2.13. The van der Waals surface area contributed by atoms with Crippen LogP contribution in [-0.4, -0.2) is 39.8 Å². The molecular weight excluding hydrogens is 268 g/mol. The number of H-pyrrole nitrogens is 1. The predicted molar refractivity (Wildman–Crippen MR) is 74.1 cm³/mol. The van der Waals surface area contributed by atoms with Crippen LogP contribution in [-0.2, 0) is 16.2 Å². The average molecular weight is 282 g/mol.